The van der Waals surface area contributed by atoms with E-state index >= 15 is 0 Å². The molecule has 0 atom stereocenters. The van der Waals surface area contributed by atoms with Gasteiger partial charge in [-0.05, 0) is 37.3 Å². The predicted molar refractivity (Wildman–Crippen MR) is 86.9 cm³/mol. The van der Waals surface area contributed by atoms with Gasteiger partial charge in [0.15, 0.2) is 0 Å². The smallest absolute Gasteiger partial charge is 0.145 e. The molecule has 2 aromatic heterocycles. The molecule has 4 rings (SSSR count). The second kappa shape index (κ2) is 4.82. The van der Waals surface area contributed by atoms with Crippen LogP contribution in [0.2, 0.25) is 0 Å². The molecule has 0 amide bonds. The highest BCUT2D eigenvalue weighted by atomic mass is 32.1. The van der Waals surface area contributed by atoms with E-state index in [-0.39, 0.29) is 0 Å². The SMILES string of the molecule is Cc1cc(-c2nc3ccccc3s2)nn1-c1ccccc1. The monoisotopic (exact) mass is 291 g/mol. The van der Waals surface area contributed by atoms with Gasteiger partial charge in [0.2, 0.25) is 0 Å². The molecule has 3 nitrogen and oxygen atoms in total. The first-order valence-electron chi connectivity index (χ1n) is 6.79. The van der Waals surface area contributed by atoms with Crippen LogP contribution in [0.3, 0.4) is 0 Å². The molecule has 0 N–H and O–H groups in total. The Hall–Kier alpha value is -2.46. The van der Waals surface area contributed by atoms with Gasteiger partial charge in [-0.3, -0.25) is 0 Å². The van der Waals surface area contributed by atoms with Crippen LogP contribution in [0.4, 0.5) is 0 Å². The van der Waals surface area contributed by atoms with E-state index in [1.165, 1.54) is 4.70 Å². The van der Waals surface area contributed by atoms with Gasteiger partial charge in [0.1, 0.15) is 10.7 Å². The Kier molecular flexibility index (Phi) is 2.82. The van der Waals surface area contributed by atoms with Crippen molar-refractivity contribution in [3.8, 4) is 16.4 Å². The zero-order valence-corrected chi connectivity index (χ0v) is 12.3. The number of rotatable bonds is 2. The van der Waals surface area contributed by atoms with Crippen LogP contribution in [0.1, 0.15) is 5.69 Å². The Morgan fingerprint density at radius 3 is 2.52 bits per heavy atom. The van der Waals surface area contributed by atoms with Crippen molar-refractivity contribution in [3.63, 3.8) is 0 Å². The first-order valence-corrected chi connectivity index (χ1v) is 7.61. The summed E-state index contributed by atoms with van der Waals surface area (Å²) in [7, 11) is 0. The summed E-state index contributed by atoms with van der Waals surface area (Å²) < 4.78 is 3.15. The maximum atomic E-state index is 4.71. The number of para-hydroxylation sites is 2. The Balaban J connectivity index is 1.83. The Morgan fingerprint density at radius 2 is 1.71 bits per heavy atom. The highest BCUT2D eigenvalue weighted by Gasteiger charge is 2.12. The van der Waals surface area contributed by atoms with Crippen LogP contribution >= 0.6 is 11.3 Å². The largest absolute Gasteiger partial charge is 0.237 e. The molecule has 2 heterocycles. The molecule has 0 aliphatic heterocycles. The third kappa shape index (κ3) is 2.14. The van der Waals surface area contributed by atoms with E-state index in [2.05, 4.69) is 36.2 Å². The summed E-state index contributed by atoms with van der Waals surface area (Å²) in [4.78, 5) is 4.67. The van der Waals surface area contributed by atoms with Gasteiger partial charge >= 0.3 is 0 Å². The molecule has 0 saturated carbocycles. The number of hydrogen-bond donors (Lipinski definition) is 0. The van der Waals surface area contributed by atoms with E-state index in [0.717, 1.165) is 27.6 Å². The highest BCUT2D eigenvalue weighted by Crippen LogP contribution is 2.30. The highest BCUT2D eigenvalue weighted by molar-refractivity contribution is 7.21. The van der Waals surface area contributed by atoms with Crippen LogP contribution in [-0.4, -0.2) is 14.8 Å². The molecule has 0 fully saturated rings. The fraction of sp³-hybridized carbons (Fsp3) is 0.0588. The van der Waals surface area contributed by atoms with Gasteiger partial charge in [0.05, 0.1) is 15.9 Å². The van der Waals surface area contributed by atoms with Crippen molar-refractivity contribution in [3.05, 3.63) is 66.4 Å². The topological polar surface area (TPSA) is 30.7 Å². The summed E-state index contributed by atoms with van der Waals surface area (Å²) in [6.07, 6.45) is 0. The maximum absolute atomic E-state index is 4.71. The van der Waals surface area contributed by atoms with Crippen LogP contribution in [0.15, 0.2) is 60.7 Å². The molecule has 102 valence electrons. The number of thiazole rings is 1. The molecule has 0 aliphatic rings. The van der Waals surface area contributed by atoms with Gasteiger partial charge in [0.25, 0.3) is 0 Å². The van der Waals surface area contributed by atoms with E-state index in [4.69, 9.17) is 5.10 Å². The number of benzene rings is 2. The van der Waals surface area contributed by atoms with Crippen molar-refractivity contribution in [1.82, 2.24) is 14.8 Å². The summed E-state index contributed by atoms with van der Waals surface area (Å²) in [5, 5.41) is 5.68. The molecule has 0 bridgehead atoms. The first kappa shape index (κ1) is 12.3. The number of aryl methyl sites for hydroxylation is 1. The molecular weight excluding hydrogens is 278 g/mol. The van der Waals surface area contributed by atoms with Gasteiger partial charge in [0, 0.05) is 5.69 Å². The molecule has 0 unspecified atom stereocenters. The molecule has 0 aliphatic carbocycles. The lowest BCUT2D eigenvalue weighted by molar-refractivity contribution is 0.850. The van der Waals surface area contributed by atoms with E-state index in [9.17, 15) is 0 Å². The lowest BCUT2D eigenvalue weighted by Crippen LogP contribution is -1.97. The van der Waals surface area contributed by atoms with Gasteiger partial charge in [-0.2, -0.15) is 5.10 Å². The summed E-state index contributed by atoms with van der Waals surface area (Å²) in [6.45, 7) is 2.07. The lowest BCUT2D eigenvalue weighted by atomic mass is 10.3. The Morgan fingerprint density at radius 1 is 0.952 bits per heavy atom. The summed E-state index contributed by atoms with van der Waals surface area (Å²) in [6, 6.07) is 20.4. The molecule has 21 heavy (non-hydrogen) atoms. The molecule has 0 saturated heterocycles. The fourth-order valence-electron chi connectivity index (χ4n) is 2.39. The standard InChI is InChI=1S/C17H13N3S/c1-12-11-15(19-20(12)13-7-3-2-4-8-13)17-18-14-9-5-6-10-16(14)21-17/h2-11H,1H3. The van der Waals surface area contributed by atoms with E-state index < -0.39 is 0 Å². The van der Waals surface area contributed by atoms with Gasteiger partial charge < -0.3 is 0 Å². The molecule has 4 aromatic rings. The van der Waals surface area contributed by atoms with Gasteiger partial charge in [-0.15, -0.1) is 11.3 Å². The van der Waals surface area contributed by atoms with E-state index in [0.29, 0.717) is 0 Å². The summed E-state index contributed by atoms with van der Waals surface area (Å²) in [5.74, 6) is 0. The zero-order valence-electron chi connectivity index (χ0n) is 11.5. The van der Waals surface area contributed by atoms with Crippen molar-refractivity contribution < 1.29 is 0 Å². The molecule has 0 spiro atoms. The van der Waals surface area contributed by atoms with Crippen molar-refractivity contribution in [2.75, 3.05) is 0 Å². The van der Waals surface area contributed by atoms with Crippen molar-refractivity contribution in [2.24, 2.45) is 0 Å². The second-order valence-corrected chi connectivity index (χ2v) is 5.94. The van der Waals surface area contributed by atoms with Crippen LogP contribution in [0.25, 0.3) is 26.6 Å². The fourth-order valence-corrected chi connectivity index (χ4v) is 3.31. The zero-order chi connectivity index (χ0) is 14.2. The first-order chi connectivity index (χ1) is 10.3. The number of fused-ring (bicyclic) bond motifs is 1. The quantitative estimate of drug-likeness (QED) is 0.546. The summed E-state index contributed by atoms with van der Waals surface area (Å²) >= 11 is 1.68. The third-order valence-electron chi connectivity index (χ3n) is 3.40. The maximum Gasteiger partial charge on any atom is 0.145 e. The van der Waals surface area contributed by atoms with Crippen LogP contribution < -0.4 is 0 Å². The number of hydrogen-bond acceptors (Lipinski definition) is 3. The van der Waals surface area contributed by atoms with Crippen LogP contribution in [0.5, 0.6) is 0 Å². The van der Waals surface area contributed by atoms with Crippen molar-refractivity contribution in [1.29, 1.82) is 0 Å². The van der Waals surface area contributed by atoms with Crippen molar-refractivity contribution in [2.45, 2.75) is 6.92 Å². The van der Waals surface area contributed by atoms with Crippen LogP contribution in [0, 0.1) is 6.92 Å². The molecule has 2 aromatic carbocycles. The molecular formula is C17H13N3S. The predicted octanol–water partition coefficient (Wildman–Crippen LogP) is 4.46. The molecule has 0 radical (unpaired) electrons. The van der Waals surface area contributed by atoms with E-state index in [1.54, 1.807) is 11.3 Å². The molecule has 4 heteroatoms. The Bertz CT molecular complexity index is 873. The normalized spacial score (nSPS) is 11.1. The minimum atomic E-state index is 0.928. The number of nitrogens with zero attached hydrogens (tertiary/aromatic N) is 3. The van der Waals surface area contributed by atoms with Crippen molar-refractivity contribution >= 4 is 21.6 Å². The van der Waals surface area contributed by atoms with Gasteiger partial charge in [-0.1, -0.05) is 30.3 Å². The number of aromatic nitrogens is 3. The second-order valence-electron chi connectivity index (χ2n) is 4.91. The lowest BCUT2D eigenvalue weighted by Gasteiger charge is -2.02. The minimum absolute atomic E-state index is 0.928. The average Bonchev–Trinajstić information content (AvgIpc) is 3.11. The average molecular weight is 291 g/mol. The summed E-state index contributed by atoms with van der Waals surface area (Å²) in [5.41, 5.74) is 4.14. The minimum Gasteiger partial charge on any atom is -0.237 e. The Labute approximate surface area is 126 Å². The van der Waals surface area contributed by atoms with E-state index in [1.807, 2.05) is 41.1 Å². The third-order valence-corrected chi connectivity index (χ3v) is 4.46. The van der Waals surface area contributed by atoms with Crippen LogP contribution in [-0.2, 0) is 0 Å². The van der Waals surface area contributed by atoms with Gasteiger partial charge in [-0.25, -0.2) is 9.67 Å².